The van der Waals surface area contributed by atoms with Gasteiger partial charge in [-0.05, 0) is 62.3 Å². The molecule has 0 unspecified atom stereocenters. The molecule has 1 N–H and O–H groups in total. The Hall–Kier alpha value is -3.74. The summed E-state index contributed by atoms with van der Waals surface area (Å²) in [5.41, 5.74) is 1.52. The van der Waals surface area contributed by atoms with E-state index in [1.807, 2.05) is 29.2 Å². The number of hydrogen-bond acceptors (Lipinski definition) is 8. The van der Waals surface area contributed by atoms with E-state index in [2.05, 4.69) is 0 Å². The van der Waals surface area contributed by atoms with Gasteiger partial charge in [-0.15, -0.1) is 0 Å². The molecule has 2 aliphatic rings. The second-order valence-corrected chi connectivity index (χ2v) is 10.4. The first-order valence-electron chi connectivity index (χ1n) is 12.0. The summed E-state index contributed by atoms with van der Waals surface area (Å²) in [7, 11) is -4.05. The van der Waals surface area contributed by atoms with Crippen molar-refractivity contribution in [3.05, 3.63) is 78.3 Å². The van der Waals surface area contributed by atoms with Crippen molar-refractivity contribution in [2.75, 3.05) is 35.2 Å². The predicted molar refractivity (Wildman–Crippen MR) is 146 cm³/mol. The normalized spacial score (nSPS) is 17.4. The van der Waals surface area contributed by atoms with Crippen LogP contribution in [0.15, 0.2) is 78.3 Å². The van der Waals surface area contributed by atoms with Crippen LogP contribution in [0.4, 0.5) is 11.4 Å². The first kappa shape index (κ1) is 27.3. The van der Waals surface area contributed by atoms with Crippen LogP contribution in [0, 0.1) is 0 Å². The number of para-hydroxylation sites is 3. The molecule has 0 aromatic heterocycles. The lowest BCUT2D eigenvalue weighted by molar-refractivity contribution is -0.143. The SMILES string of the molecule is CCOC(=O)CN1C(=S)N(c2ccccc2)C(=O)/C1=C\C=C1\Oc2ccccc2N1CCCCS(=O)(=O)O. The van der Waals surface area contributed by atoms with Gasteiger partial charge in [0.05, 0.1) is 23.7 Å². The fourth-order valence-corrected chi connectivity index (χ4v) is 5.03. The van der Waals surface area contributed by atoms with E-state index in [1.165, 1.54) is 9.80 Å². The Morgan fingerprint density at radius 3 is 2.47 bits per heavy atom. The van der Waals surface area contributed by atoms with Gasteiger partial charge in [-0.25, -0.2) is 0 Å². The molecular formula is C26H27N3O7S2. The van der Waals surface area contributed by atoms with Crippen LogP contribution >= 0.6 is 12.2 Å². The fraction of sp³-hybridized carbons (Fsp3) is 0.269. The Balaban J connectivity index is 1.64. The van der Waals surface area contributed by atoms with Crippen molar-refractivity contribution in [1.29, 1.82) is 0 Å². The van der Waals surface area contributed by atoms with Gasteiger partial charge in [-0.2, -0.15) is 8.42 Å². The first-order chi connectivity index (χ1) is 18.2. The minimum absolute atomic E-state index is 0.150. The van der Waals surface area contributed by atoms with Crippen molar-refractivity contribution in [1.82, 2.24) is 4.90 Å². The summed E-state index contributed by atoms with van der Waals surface area (Å²) in [6.45, 7) is 2.06. The number of unbranched alkanes of at least 4 members (excludes halogenated alkanes) is 1. The highest BCUT2D eigenvalue weighted by Gasteiger charge is 2.40. The maximum absolute atomic E-state index is 13.5. The third kappa shape index (κ3) is 6.21. The van der Waals surface area contributed by atoms with Crippen LogP contribution < -0.4 is 14.5 Å². The Morgan fingerprint density at radius 2 is 1.76 bits per heavy atom. The lowest BCUT2D eigenvalue weighted by atomic mass is 10.2. The van der Waals surface area contributed by atoms with Crippen molar-refractivity contribution < 1.29 is 32.0 Å². The van der Waals surface area contributed by atoms with Gasteiger partial charge in [0.2, 0.25) is 5.88 Å². The standard InChI is InChI=1S/C26H27N3O7S2/c1-2-35-24(30)18-28-21(25(31)29(26(28)37)19-10-4-3-5-11-19)14-15-23-27(16-8-9-17-38(32,33)34)20-12-6-7-13-22(20)36-23/h3-7,10-15H,2,8-9,16-18H2,1H3,(H,32,33,34)/b21-14+,23-15+. The Kier molecular flexibility index (Phi) is 8.45. The molecular weight excluding hydrogens is 530 g/mol. The number of nitrogens with zero attached hydrogens (tertiary/aromatic N) is 3. The number of carbonyl (C=O) groups excluding carboxylic acids is 2. The Labute approximate surface area is 226 Å². The molecule has 0 bridgehead atoms. The zero-order valence-electron chi connectivity index (χ0n) is 20.6. The van der Waals surface area contributed by atoms with Gasteiger partial charge < -0.3 is 19.3 Å². The number of carbonyl (C=O) groups is 2. The molecule has 1 amide bonds. The molecule has 200 valence electrons. The average Bonchev–Trinajstić information content (AvgIpc) is 3.34. The molecule has 2 aliphatic heterocycles. The highest BCUT2D eigenvalue weighted by atomic mass is 32.2. The summed E-state index contributed by atoms with van der Waals surface area (Å²) in [5.74, 6) is -0.247. The molecule has 0 aliphatic carbocycles. The highest BCUT2D eigenvalue weighted by molar-refractivity contribution is 7.85. The molecule has 0 saturated carbocycles. The topological polar surface area (TPSA) is 117 Å². The molecule has 1 saturated heterocycles. The molecule has 1 fully saturated rings. The monoisotopic (exact) mass is 557 g/mol. The van der Waals surface area contributed by atoms with E-state index in [1.54, 1.807) is 49.4 Å². The van der Waals surface area contributed by atoms with Crippen LogP contribution in [0.2, 0.25) is 0 Å². The van der Waals surface area contributed by atoms with Crippen LogP contribution in [0.5, 0.6) is 5.75 Å². The summed E-state index contributed by atoms with van der Waals surface area (Å²) >= 11 is 5.58. The fourth-order valence-electron chi connectivity index (χ4n) is 4.11. The maximum atomic E-state index is 13.5. The van der Waals surface area contributed by atoms with E-state index < -0.39 is 22.0 Å². The zero-order valence-corrected chi connectivity index (χ0v) is 22.3. The van der Waals surface area contributed by atoms with E-state index in [0.29, 0.717) is 30.3 Å². The molecule has 4 rings (SSSR count). The van der Waals surface area contributed by atoms with Crippen molar-refractivity contribution in [3.63, 3.8) is 0 Å². The number of allylic oxidation sites excluding steroid dienone is 2. The summed E-state index contributed by atoms with van der Waals surface area (Å²) in [5, 5.41) is 0.150. The van der Waals surface area contributed by atoms with Gasteiger partial charge in [0, 0.05) is 12.6 Å². The van der Waals surface area contributed by atoms with Gasteiger partial charge in [0.15, 0.2) is 10.9 Å². The smallest absolute Gasteiger partial charge is 0.326 e. The lowest BCUT2D eigenvalue weighted by Crippen LogP contribution is -2.35. The summed E-state index contributed by atoms with van der Waals surface area (Å²) in [6, 6.07) is 16.2. The van der Waals surface area contributed by atoms with Crippen molar-refractivity contribution in [3.8, 4) is 5.75 Å². The van der Waals surface area contributed by atoms with Crippen molar-refractivity contribution in [2.45, 2.75) is 19.8 Å². The molecule has 38 heavy (non-hydrogen) atoms. The molecule has 0 spiro atoms. The Morgan fingerprint density at radius 1 is 1.05 bits per heavy atom. The lowest BCUT2D eigenvalue weighted by Gasteiger charge is -2.19. The molecule has 2 aromatic carbocycles. The van der Waals surface area contributed by atoms with Gasteiger partial charge in [-0.1, -0.05) is 30.3 Å². The minimum atomic E-state index is -4.05. The first-order valence-corrected chi connectivity index (χ1v) is 14.0. The van der Waals surface area contributed by atoms with Crippen LogP contribution in [-0.4, -0.2) is 60.3 Å². The molecule has 0 atom stereocenters. The van der Waals surface area contributed by atoms with E-state index >= 15 is 0 Å². The van der Waals surface area contributed by atoms with E-state index in [9.17, 15) is 18.0 Å². The van der Waals surface area contributed by atoms with E-state index in [4.69, 9.17) is 26.2 Å². The number of rotatable bonds is 10. The quantitative estimate of drug-likeness (QED) is 0.153. The van der Waals surface area contributed by atoms with Crippen molar-refractivity contribution in [2.24, 2.45) is 0 Å². The largest absolute Gasteiger partial charge is 0.465 e. The summed E-state index contributed by atoms with van der Waals surface area (Å²) < 4.78 is 42.3. The molecule has 2 heterocycles. The molecule has 10 nitrogen and oxygen atoms in total. The third-order valence-electron chi connectivity index (χ3n) is 5.80. The number of hydrogen-bond donors (Lipinski definition) is 1. The maximum Gasteiger partial charge on any atom is 0.326 e. The van der Waals surface area contributed by atoms with E-state index in [-0.39, 0.29) is 36.1 Å². The third-order valence-corrected chi connectivity index (χ3v) is 7.00. The summed E-state index contributed by atoms with van der Waals surface area (Å²) in [6.07, 6.45) is 3.89. The number of amides is 1. The predicted octanol–water partition coefficient (Wildman–Crippen LogP) is 3.48. The second-order valence-electron chi connectivity index (χ2n) is 8.42. The van der Waals surface area contributed by atoms with Crippen molar-refractivity contribution >= 4 is 50.7 Å². The van der Waals surface area contributed by atoms with Gasteiger partial charge in [-0.3, -0.25) is 19.0 Å². The molecule has 0 radical (unpaired) electrons. The molecule has 2 aromatic rings. The Bertz CT molecular complexity index is 1390. The van der Waals surface area contributed by atoms with E-state index in [0.717, 1.165) is 5.69 Å². The number of anilines is 2. The van der Waals surface area contributed by atoms with Crippen LogP contribution in [0.1, 0.15) is 19.8 Å². The minimum Gasteiger partial charge on any atom is -0.465 e. The van der Waals surface area contributed by atoms with Gasteiger partial charge >= 0.3 is 5.97 Å². The number of ether oxygens (including phenoxy) is 2. The van der Waals surface area contributed by atoms with Gasteiger partial charge in [0.1, 0.15) is 12.2 Å². The number of benzene rings is 2. The number of fused-ring (bicyclic) bond motifs is 1. The highest BCUT2D eigenvalue weighted by Crippen LogP contribution is 2.39. The van der Waals surface area contributed by atoms with Crippen LogP contribution in [-0.2, 0) is 24.4 Å². The number of thiocarbonyl (C=S) groups is 1. The number of esters is 1. The summed E-state index contributed by atoms with van der Waals surface area (Å²) in [4.78, 5) is 30.5. The van der Waals surface area contributed by atoms with Gasteiger partial charge in [0.25, 0.3) is 16.0 Å². The second kappa shape index (κ2) is 11.8. The van der Waals surface area contributed by atoms with Crippen LogP contribution in [0.3, 0.4) is 0 Å². The molecule has 12 heteroatoms. The average molecular weight is 558 g/mol. The van der Waals surface area contributed by atoms with Crippen LogP contribution in [0.25, 0.3) is 0 Å². The zero-order chi connectivity index (χ0) is 27.3.